The van der Waals surface area contributed by atoms with Gasteiger partial charge in [-0.2, -0.15) is 0 Å². The van der Waals surface area contributed by atoms with Crippen molar-refractivity contribution in [2.75, 3.05) is 13.2 Å². The predicted octanol–water partition coefficient (Wildman–Crippen LogP) is 1.81. The minimum absolute atomic E-state index is 0.148. The number of hydrogen-bond acceptors (Lipinski definition) is 3. The molecule has 1 unspecified atom stereocenters. The number of cyclic esters (lactones) is 1. The summed E-state index contributed by atoms with van der Waals surface area (Å²) in [6, 6.07) is 0.232. The van der Waals surface area contributed by atoms with Gasteiger partial charge < -0.3 is 4.74 Å². The standard InChI is InChI=1S/C12H22N2O2/c1-8(2)10-7-16-12(15)14(10)11-6-9(3)4-5-13-11/h8-11,13H,4-7H2,1-3H3/t9-,10-,11?/m1/s1. The Morgan fingerprint density at radius 3 is 2.88 bits per heavy atom. The highest BCUT2D eigenvalue weighted by Gasteiger charge is 2.40. The number of piperidine rings is 1. The smallest absolute Gasteiger partial charge is 0.411 e. The van der Waals surface area contributed by atoms with Crippen molar-refractivity contribution in [2.45, 2.75) is 45.8 Å². The summed E-state index contributed by atoms with van der Waals surface area (Å²) in [6.45, 7) is 8.08. The molecule has 0 aliphatic carbocycles. The van der Waals surface area contributed by atoms with Crippen molar-refractivity contribution in [1.29, 1.82) is 0 Å². The van der Waals surface area contributed by atoms with E-state index in [1.807, 2.05) is 4.90 Å². The second kappa shape index (κ2) is 4.62. The Hall–Kier alpha value is -0.770. The fraction of sp³-hybridized carbons (Fsp3) is 0.917. The van der Waals surface area contributed by atoms with E-state index in [1.54, 1.807) is 0 Å². The lowest BCUT2D eigenvalue weighted by molar-refractivity contribution is 0.102. The van der Waals surface area contributed by atoms with Gasteiger partial charge in [0.2, 0.25) is 0 Å². The first-order chi connectivity index (χ1) is 7.59. The maximum absolute atomic E-state index is 11.8. The largest absolute Gasteiger partial charge is 0.447 e. The van der Waals surface area contributed by atoms with E-state index in [0.717, 1.165) is 13.0 Å². The van der Waals surface area contributed by atoms with Crippen LogP contribution in [0.4, 0.5) is 4.79 Å². The molecule has 0 bridgehead atoms. The van der Waals surface area contributed by atoms with Gasteiger partial charge in [0, 0.05) is 0 Å². The Morgan fingerprint density at radius 1 is 1.50 bits per heavy atom. The van der Waals surface area contributed by atoms with Crippen LogP contribution in [-0.4, -0.2) is 36.4 Å². The Morgan fingerprint density at radius 2 is 2.25 bits per heavy atom. The van der Waals surface area contributed by atoms with Gasteiger partial charge in [0.25, 0.3) is 0 Å². The Kier molecular flexibility index (Phi) is 3.38. The zero-order chi connectivity index (χ0) is 11.7. The van der Waals surface area contributed by atoms with Crippen LogP contribution in [0.15, 0.2) is 0 Å². The summed E-state index contributed by atoms with van der Waals surface area (Å²) in [6.07, 6.45) is 2.26. The van der Waals surface area contributed by atoms with E-state index in [-0.39, 0.29) is 18.3 Å². The molecular formula is C12H22N2O2. The van der Waals surface area contributed by atoms with E-state index in [1.165, 1.54) is 6.42 Å². The number of rotatable bonds is 2. The summed E-state index contributed by atoms with van der Waals surface area (Å²) in [4.78, 5) is 13.7. The number of hydrogen-bond donors (Lipinski definition) is 1. The van der Waals surface area contributed by atoms with Gasteiger partial charge in [-0.3, -0.25) is 10.2 Å². The van der Waals surface area contributed by atoms with E-state index >= 15 is 0 Å². The highest BCUT2D eigenvalue weighted by atomic mass is 16.6. The van der Waals surface area contributed by atoms with E-state index in [4.69, 9.17) is 4.74 Å². The minimum atomic E-state index is -0.148. The third-order valence-electron chi connectivity index (χ3n) is 3.69. The van der Waals surface area contributed by atoms with Crippen LogP contribution >= 0.6 is 0 Å². The molecule has 2 fully saturated rings. The van der Waals surface area contributed by atoms with Crippen LogP contribution in [0.5, 0.6) is 0 Å². The predicted molar refractivity (Wildman–Crippen MR) is 62.0 cm³/mol. The number of carbonyl (C=O) groups is 1. The molecule has 4 nitrogen and oxygen atoms in total. The molecule has 3 atom stereocenters. The number of amides is 1. The summed E-state index contributed by atoms with van der Waals surface area (Å²) < 4.78 is 5.17. The van der Waals surface area contributed by atoms with E-state index in [0.29, 0.717) is 18.4 Å². The molecule has 0 saturated carbocycles. The summed E-state index contributed by atoms with van der Waals surface area (Å²) in [5, 5.41) is 3.43. The Bertz CT molecular complexity index is 268. The van der Waals surface area contributed by atoms with Crippen molar-refractivity contribution in [3.63, 3.8) is 0 Å². The molecule has 92 valence electrons. The van der Waals surface area contributed by atoms with Gasteiger partial charge in [-0.25, -0.2) is 4.79 Å². The molecule has 1 N–H and O–H groups in total. The van der Waals surface area contributed by atoms with Gasteiger partial charge in [0.15, 0.2) is 0 Å². The monoisotopic (exact) mass is 226 g/mol. The van der Waals surface area contributed by atoms with Crippen molar-refractivity contribution in [3.8, 4) is 0 Å². The maximum Gasteiger partial charge on any atom is 0.411 e. The summed E-state index contributed by atoms with van der Waals surface area (Å²) in [7, 11) is 0. The number of nitrogens with zero attached hydrogens (tertiary/aromatic N) is 1. The molecule has 0 radical (unpaired) electrons. The number of carbonyl (C=O) groups excluding carboxylic acids is 1. The lowest BCUT2D eigenvalue weighted by Crippen LogP contribution is -2.54. The van der Waals surface area contributed by atoms with Crippen molar-refractivity contribution in [3.05, 3.63) is 0 Å². The SMILES string of the molecule is CC(C)[C@H]1COC(=O)N1C1C[C@H](C)CCN1. The molecule has 2 heterocycles. The Labute approximate surface area is 97.3 Å². The van der Waals surface area contributed by atoms with Crippen LogP contribution in [0.2, 0.25) is 0 Å². The average molecular weight is 226 g/mol. The molecule has 2 aliphatic heterocycles. The van der Waals surface area contributed by atoms with Crippen LogP contribution in [-0.2, 0) is 4.74 Å². The van der Waals surface area contributed by atoms with Crippen LogP contribution in [0, 0.1) is 11.8 Å². The van der Waals surface area contributed by atoms with Crippen molar-refractivity contribution >= 4 is 6.09 Å². The first-order valence-electron chi connectivity index (χ1n) is 6.28. The van der Waals surface area contributed by atoms with Gasteiger partial charge >= 0.3 is 6.09 Å². The van der Waals surface area contributed by atoms with Crippen LogP contribution in [0.25, 0.3) is 0 Å². The van der Waals surface area contributed by atoms with E-state index in [2.05, 4.69) is 26.1 Å². The quantitative estimate of drug-likeness (QED) is 0.780. The molecule has 0 aromatic carbocycles. The molecule has 1 amide bonds. The van der Waals surface area contributed by atoms with Crippen LogP contribution in [0.3, 0.4) is 0 Å². The maximum atomic E-state index is 11.8. The zero-order valence-corrected chi connectivity index (χ0v) is 10.4. The third-order valence-corrected chi connectivity index (χ3v) is 3.69. The van der Waals surface area contributed by atoms with Crippen molar-refractivity contribution < 1.29 is 9.53 Å². The highest BCUT2D eigenvalue weighted by molar-refractivity contribution is 5.70. The fourth-order valence-electron chi connectivity index (χ4n) is 2.61. The van der Waals surface area contributed by atoms with Gasteiger partial charge in [-0.15, -0.1) is 0 Å². The topological polar surface area (TPSA) is 41.6 Å². The highest BCUT2D eigenvalue weighted by Crippen LogP contribution is 2.26. The summed E-state index contributed by atoms with van der Waals surface area (Å²) >= 11 is 0. The molecule has 0 aromatic rings. The second-order valence-corrected chi connectivity index (χ2v) is 5.40. The van der Waals surface area contributed by atoms with Crippen LogP contribution < -0.4 is 5.32 Å². The summed E-state index contributed by atoms with van der Waals surface area (Å²) in [5.74, 6) is 1.14. The van der Waals surface area contributed by atoms with Crippen molar-refractivity contribution in [1.82, 2.24) is 10.2 Å². The molecule has 16 heavy (non-hydrogen) atoms. The fourth-order valence-corrected chi connectivity index (χ4v) is 2.61. The lowest BCUT2D eigenvalue weighted by atomic mass is 9.95. The molecule has 2 saturated heterocycles. The van der Waals surface area contributed by atoms with Crippen LogP contribution in [0.1, 0.15) is 33.6 Å². The molecule has 0 spiro atoms. The Balaban J connectivity index is 2.07. The first kappa shape index (κ1) is 11.7. The number of nitrogens with one attached hydrogen (secondary N) is 1. The first-order valence-corrected chi connectivity index (χ1v) is 6.28. The van der Waals surface area contributed by atoms with Gasteiger partial charge in [-0.1, -0.05) is 20.8 Å². The minimum Gasteiger partial charge on any atom is -0.447 e. The molecule has 0 aromatic heterocycles. The molecule has 4 heteroatoms. The summed E-state index contributed by atoms with van der Waals surface area (Å²) in [5.41, 5.74) is 0. The van der Waals surface area contributed by atoms with Gasteiger partial charge in [0.05, 0.1) is 12.2 Å². The molecule has 2 aliphatic rings. The van der Waals surface area contributed by atoms with Gasteiger partial charge in [-0.05, 0) is 31.2 Å². The lowest BCUT2D eigenvalue weighted by Gasteiger charge is -2.37. The third kappa shape index (κ3) is 2.17. The second-order valence-electron chi connectivity index (χ2n) is 5.40. The van der Waals surface area contributed by atoms with E-state index in [9.17, 15) is 4.79 Å². The zero-order valence-electron chi connectivity index (χ0n) is 10.4. The van der Waals surface area contributed by atoms with E-state index < -0.39 is 0 Å². The number of ether oxygens (including phenoxy) is 1. The normalized spacial score (nSPS) is 35.6. The molecule has 2 rings (SSSR count). The van der Waals surface area contributed by atoms with Gasteiger partial charge in [0.1, 0.15) is 6.61 Å². The average Bonchev–Trinajstić information content (AvgIpc) is 2.60. The van der Waals surface area contributed by atoms with Crippen molar-refractivity contribution in [2.24, 2.45) is 11.8 Å². The molecular weight excluding hydrogens is 204 g/mol.